The van der Waals surface area contributed by atoms with Crippen LogP contribution in [0.15, 0.2) is 6.07 Å². The van der Waals surface area contributed by atoms with E-state index < -0.39 is 5.97 Å². The zero-order valence-electron chi connectivity index (χ0n) is 7.70. The van der Waals surface area contributed by atoms with Crippen molar-refractivity contribution in [2.75, 3.05) is 7.11 Å². The molecule has 0 aromatic carbocycles. The quantitative estimate of drug-likeness (QED) is 0.446. The van der Waals surface area contributed by atoms with E-state index in [0.29, 0.717) is 5.82 Å². The van der Waals surface area contributed by atoms with Gasteiger partial charge in [0.25, 0.3) is 0 Å². The summed E-state index contributed by atoms with van der Waals surface area (Å²) < 4.78 is 4.74. The zero-order chi connectivity index (χ0) is 9.14. The maximum atomic E-state index is 10.4. The van der Waals surface area contributed by atoms with Crippen molar-refractivity contribution in [3.63, 3.8) is 0 Å². The first-order chi connectivity index (χ1) is 5.63. The predicted molar refractivity (Wildman–Crippen MR) is 37.7 cm³/mol. The topological polar surface area (TPSA) is 75.1 Å². The van der Waals surface area contributed by atoms with Gasteiger partial charge in [-0.2, -0.15) is 4.98 Å². The third kappa shape index (κ3) is 3.30. The van der Waals surface area contributed by atoms with Gasteiger partial charge in [-0.1, -0.05) is 0 Å². The van der Waals surface area contributed by atoms with Gasteiger partial charge in [-0.15, -0.1) is 0 Å². The molecule has 0 fully saturated rings. The maximum absolute atomic E-state index is 10.4. The third-order valence-electron chi connectivity index (χ3n) is 1.23. The number of carbonyl (C=O) groups excluding carboxylic acids is 1. The van der Waals surface area contributed by atoms with Crippen molar-refractivity contribution in [1.82, 2.24) is 9.97 Å². The molecule has 6 heteroatoms. The number of nitrogens with zero attached hydrogens (tertiary/aromatic N) is 2. The smallest absolute Gasteiger partial charge is 0.543 e. The first-order valence-corrected chi connectivity index (χ1v) is 3.24. The molecule has 0 saturated heterocycles. The number of carbonyl (C=O) groups is 1. The fourth-order valence-electron chi connectivity index (χ4n) is 0.749. The summed E-state index contributed by atoms with van der Waals surface area (Å²) in [6, 6.07) is 1.21. The van der Waals surface area contributed by atoms with E-state index in [1.807, 2.05) is 0 Å². The van der Waals surface area contributed by atoms with E-state index in [-0.39, 0.29) is 41.1 Å². The number of aromatic nitrogens is 2. The molecule has 13 heavy (non-hydrogen) atoms. The summed E-state index contributed by atoms with van der Waals surface area (Å²) in [5, 5.41) is 10.4. The van der Waals surface area contributed by atoms with Crippen LogP contribution in [0.1, 0.15) is 16.3 Å². The van der Waals surface area contributed by atoms with Crippen LogP contribution in [-0.2, 0) is 0 Å². The number of methoxy groups -OCH3 is 1. The Morgan fingerprint density at radius 3 is 2.62 bits per heavy atom. The molecule has 0 aliphatic rings. The number of rotatable bonds is 2. The molecule has 1 aromatic rings. The first-order valence-electron chi connectivity index (χ1n) is 3.24. The Morgan fingerprint density at radius 2 is 2.15 bits per heavy atom. The Hall–Kier alpha value is -0.650. The molecule has 0 spiro atoms. The fraction of sp³-hybridized carbons (Fsp3) is 0.286. The summed E-state index contributed by atoms with van der Waals surface area (Å²) >= 11 is 0. The van der Waals surface area contributed by atoms with Gasteiger partial charge >= 0.3 is 29.6 Å². The first kappa shape index (κ1) is 12.3. The van der Waals surface area contributed by atoms with E-state index in [1.165, 1.54) is 13.2 Å². The van der Waals surface area contributed by atoms with Crippen molar-refractivity contribution >= 4 is 5.97 Å². The molecular formula is C7H7N2NaO3. The Kier molecular flexibility index (Phi) is 4.90. The summed E-state index contributed by atoms with van der Waals surface area (Å²) in [7, 11) is 1.40. The van der Waals surface area contributed by atoms with Gasteiger partial charge in [-0.3, -0.25) is 0 Å². The minimum absolute atomic E-state index is 0. The average molecular weight is 190 g/mol. The summed E-state index contributed by atoms with van der Waals surface area (Å²) in [5.41, 5.74) is -0.167. The van der Waals surface area contributed by atoms with Crippen LogP contribution in [0.2, 0.25) is 0 Å². The Bertz CT molecular complexity index is 317. The van der Waals surface area contributed by atoms with E-state index in [9.17, 15) is 9.90 Å². The number of carboxylic acid groups (broad SMARTS) is 1. The van der Waals surface area contributed by atoms with Gasteiger partial charge in [0.15, 0.2) is 0 Å². The standard InChI is InChI=1S/C7H8N2O3.Na/c1-4-8-5(7(10)11)3-6(9-4)12-2;/h3H,1-2H3,(H,10,11);/q;+1/p-1. The second kappa shape index (κ2) is 5.16. The van der Waals surface area contributed by atoms with Crippen molar-refractivity contribution in [3.8, 4) is 5.88 Å². The molecule has 0 atom stereocenters. The Labute approximate surface area is 97.4 Å². The van der Waals surface area contributed by atoms with E-state index in [1.54, 1.807) is 6.92 Å². The van der Waals surface area contributed by atoms with Crippen molar-refractivity contribution in [1.29, 1.82) is 0 Å². The minimum Gasteiger partial charge on any atom is -0.543 e. The normalized spacial score (nSPS) is 8.77. The number of hydrogen-bond acceptors (Lipinski definition) is 5. The average Bonchev–Trinajstić information content (AvgIpc) is 2.03. The predicted octanol–water partition coefficient (Wildman–Crippen LogP) is -3.84. The molecular weight excluding hydrogens is 183 g/mol. The van der Waals surface area contributed by atoms with E-state index in [2.05, 4.69) is 9.97 Å². The Balaban J connectivity index is 0.00000144. The van der Waals surface area contributed by atoms with Crippen molar-refractivity contribution in [3.05, 3.63) is 17.6 Å². The molecule has 0 radical (unpaired) electrons. The van der Waals surface area contributed by atoms with Crippen LogP contribution in [-0.4, -0.2) is 23.0 Å². The van der Waals surface area contributed by atoms with Crippen molar-refractivity contribution in [2.45, 2.75) is 6.92 Å². The Morgan fingerprint density at radius 1 is 1.54 bits per heavy atom. The van der Waals surface area contributed by atoms with Crippen LogP contribution in [0.4, 0.5) is 0 Å². The fourth-order valence-corrected chi connectivity index (χ4v) is 0.749. The molecule has 0 bridgehead atoms. The van der Waals surface area contributed by atoms with E-state index in [4.69, 9.17) is 4.74 Å². The number of aryl methyl sites for hydroxylation is 1. The second-order valence-corrected chi connectivity index (χ2v) is 2.13. The van der Waals surface area contributed by atoms with Crippen LogP contribution in [0.3, 0.4) is 0 Å². The van der Waals surface area contributed by atoms with Crippen LogP contribution in [0.25, 0.3) is 0 Å². The monoisotopic (exact) mass is 190 g/mol. The van der Waals surface area contributed by atoms with Crippen molar-refractivity contribution < 1.29 is 44.2 Å². The third-order valence-corrected chi connectivity index (χ3v) is 1.23. The van der Waals surface area contributed by atoms with Gasteiger partial charge in [-0.05, 0) is 6.92 Å². The molecule has 1 aromatic heterocycles. The number of ether oxygens (including phenoxy) is 1. The van der Waals surface area contributed by atoms with Gasteiger partial charge in [0.2, 0.25) is 5.88 Å². The van der Waals surface area contributed by atoms with E-state index >= 15 is 0 Å². The molecule has 0 N–H and O–H groups in total. The molecule has 0 unspecified atom stereocenters. The van der Waals surface area contributed by atoms with Gasteiger partial charge in [0.05, 0.1) is 18.8 Å². The largest absolute Gasteiger partial charge is 1.00 e. The minimum atomic E-state index is -1.33. The SMILES string of the molecule is COc1cc(C(=O)[O-])nc(C)n1.[Na+]. The zero-order valence-corrected chi connectivity index (χ0v) is 9.70. The van der Waals surface area contributed by atoms with Gasteiger partial charge in [-0.25, -0.2) is 4.98 Å². The summed E-state index contributed by atoms with van der Waals surface area (Å²) in [6.45, 7) is 1.58. The molecule has 1 rings (SSSR count). The summed E-state index contributed by atoms with van der Waals surface area (Å²) in [4.78, 5) is 17.8. The molecule has 0 saturated carbocycles. The van der Waals surface area contributed by atoms with Crippen LogP contribution < -0.4 is 39.4 Å². The van der Waals surface area contributed by atoms with Gasteiger partial charge < -0.3 is 14.6 Å². The molecule has 1 heterocycles. The van der Waals surface area contributed by atoms with Crippen LogP contribution >= 0.6 is 0 Å². The molecule has 5 nitrogen and oxygen atoms in total. The maximum Gasteiger partial charge on any atom is 1.00 e. The molecule has 0 amide bonds. The van der Waals surface area contributed by atoms with Crippen LogP contribution in [0, 0.1) is 6.92 Å². The summed E-state index contributed by atoms with van der Waals surface area (Å²) in [5.74, 6) is -0.769. The molecule has 0 aliphatic heterocycles. The van der Waals surface area contributed by atoms with Crippen molar-refractivity contribution in [2.24, 2.45) is 0 Å². The summed E-state index contributed by atoms with van der Waals surface area (Å²) in [6.07, 6.45) is 0. The second-order valence-electron chi connectivity index (χ2n) is 2.13. The number of aromatic carboxylic acids is 1. The van der Waals surface area contributed by atoms with Gasteiger partial charge in [0, 0.05) is 6.07 Å². The number of hydrogen-bond donors (Lipinski definition) is 0. The molecule has 0 aliphatic carbocycles. The van der Waals surface area contributed by atoms with E-state index in [0.717, 1.165) is 0 Å². The van der Waals surface area contributed by atoms with Gasteiger partial charge in [0.1, 0.15) is 5.82 Å². The number of carboxylic acids is 1. The van der Waals surface area contributed by atoms with Crippen LogP contribution in [0.5, 0.6) is 5.88 Å². The molecule has 64 valence electrons.